The lowest BCUT2D eigenvalue weighted by Crippen LogP contribution is -2.47. The molecule has 6 nitrogen and oxygen atoms in total. The van der Waals surface area contributed by atoms with Crippen LogP contribution in [0.4, 0.5) is 4.79 Å². The van der Waals surface area contributed by atoms with E-state index in [1.807, 2.05) is 18.2 Å². The molecule has 0 spiro atoms. The molecule has 2 aliphatic heterocycles. The predicted octanol–water partition coefficient (Wildman–Crippen LogP) is 3.59. The van der Waals surface area contributed by atoms with Gasteiger partial charge in [0.1, 0.15) is 12.1 Å². The zero-order chi connectivity index (χ0) is 22.0. The summed E-state index contributed by atoms with van der Waals surface area (Å²) in [5, 5.41) is 3.11. The van der Waals surface area contributed by atoms with E-state index in [4.69, 9.17) is 11.6 Å². The molecule has 4 rings (SSSR count). The van der Waals surface area contributed by atoms with Gasteiger partial charge in [0.25, 0.3) is 5.91 Å². The quantitative estimate of drug-likeness (QED) is 0.724. The number of imide groups is 1. The van der Waals surface area contributed by atoms with Crippen LogP contribution in [0, 0.1) is 5.92 Å². The van der Waals surface area contributed by atoms with Crippen LogP contribution >= 0.6 is 11.6 Å². The van der Waals surface area contributed by atoms with Crippen LogP contribution in [0.5, 0.6) is 0 Å². The first-order valence-electron chi connectivity index (χ1n) is 10.6. The number of hydrogen-bond donors (Lipinski definition) is 1. The molecule has 2 saturated heterocycles. The maximum absolute atomic E-state index is 13.1. The van der Waals surface area contributed by atoms with Gasteiger partial charge in [-0.2, -0.15) is 0 Å². The Hall–Kier alpha value is -2.86. The molecule has 1 atom stereocenters. The Balaban J connectivity index is 1.36. The highest BCUT2D eigenvalue weighted by atomic mass is 35.5. The van der Waals surface area contributed by atoms with Crippen LogP contribution in [0.25, 0.3) is 0 Å². The molecule has 2 aromatic rings. The van der Waals surface area contributed by atoms with Crippen molar-refractivity contribution in [3.8, 4) is 0 Å². The average molecular weight is 440 g/mol. The number of nitrogens with zero attached hydrogens (tertiary/aromatic N) is 2. The summed E-state index contributed by atoms with van der Waals surface area (Å²) in [6, 6.07) is 16.7. The fourth-order valence-corrected chi connectivity index (χ4v) is 4.78. The highest BCUT2D eigenvalue weighted by molar-refractivity contribution is 6.32. The fraction of sp³-hybridized carbons (Fsp3) is 0.375. The topological polar surface area (TPSA) is 69.7 Å². The van der Waals surface area contributed by atoms with Gasteiger partial charge >= 0.3 is 6.03 Å². The van der Waals surface area contributed by atoms with Gasteiger partial charge in [0.15, 0.2) is 0 Å². The van der Waals surface area contributed by atoms with Crippen molar-refractivity contribution >= 4 is 29.4 Å². The molecular formula is C24H26ClN3O3. The number of likely N-dealkylation sites (tertiary alicyclic amines) is 1. The molecule has 0 unspecified atom stereocenters. The van der Waals surface area contributed by atoms with E-state index in [2.05, 4.69) is 17.4 Å². The van der Waals surface area contributed by atoms with E-state index in [9.17, 15) is 14.4 Å². The molecule has 2 fully saturated rings. The van der Waals surface area contributed by atoms with Gasteiger partial charge in [-0.1, -0.05) is 60.1 Å². The normalized spacial score (nSPS) is 22.0. The average Bonchev–Trinajstić information content (AvgIpc) is 2.99. The summed E-state index contributed by atoms with van der Waals surface area (Å²) in [4.78, 5) is 41.2. The molecular weight excluding hydrogens is 414 g/mol. The van der Waals surface area contributed by atoms with Crippen LogP contribution in [-0.2, 0) is 21.5 Å². The van der Waals surface area contributed by atoms with Crippen molar-refractivity contribution in [2.45, 2.75) is 31.7 Å². The Morgan fingerprint density at radius 2 is 1.71 bits per heavy atom. The molecule has 2 heterocycles. The molecule has 0 aromatic heterocycles. The zero-order valence-corrected chi connectivity index (χ0v) is 18.3. The largest absolute Gasteiger partial charge is 0.341 e. The molecule has 31 heavy (non-hydrogen) atoms. The van der Waals surface area contributed by atoms with Gasteiger partial charge in [0.2, 0.25) is 5.91 Å². The standard InChI is InChI=1S/C24H26ClN3O3/c1-24(19-9-5-6-10-20(19)25)22(30)28(23(31)26-24)16-21(29)27-13-11-18(12-14-27)15-17-7-3-2-4-8-17/h2-10,18H,11-16H2,1H3,(H,26,31)/t24-/m0/s1. The van der Waals surface area contributed by atoms with E-state index in [0.717, 1.165) is 24.2 Å². The Kier molecular flexibility index (Phi) is 6.01. The second kappa shape index (κ2) is 8.71. The molecule has 2 aromatic carbocycles. The van der Waals surface area contributed by atoms with Crippen molar-refractivity contribution in [2.24, 2.45) is 5.92 Å². The SMILES string of the molecule is C[C@@]1(c2ccccc2Cl)NC(=O)N(CC(=O)N2CCC(Cc3ccccc3)CC2)C1=O. The molecule has 0 aliphatic carbocycles. The molecule has 1 N–H and O–H groups in total. The highest BCUT2D eigenvalue weighted by Crippen LogP contribution is 2.33. The third kappa shape index (κ3) is 4.30. The Labute approximate surface area is 187 Å². The van der Waals surface area contributed by atoms with Crippen LogP contribution in [-0.4, -0.2) is 47.3 Å². The number of benzene rings is 2. The summed E-state index contributed by atoms with van der Waals surface area (Å²) < 4.78 is 0. The predicted molar refractivity (Wildman–Crippen MR) is 118 cm³/mol. The van der Waals surface area contributed by atoms with Gasteiger partial charge in [-0.3, -0.25) is 14.5 Å². The van der Waals surface area contributed by atoms with Crippen molar-refractivity contribution in [1.29, 1.82) is 0 Å². The van der Waals surface area contributed by atoms with Crippen molar-refractivity contribution in [1.82, 2.24) is 15.1 Å². The molecule has 7 heteroatoms. The van der Waals surface area contributed by atoms with E-state index in [1.54, 1.807) is 36.1 Å². The van der Waals surface area contributed by atoms with Crippen LogP contribution in [0.15, 0.2) is 54.6 Å². The van der Waals surface area contributed by atoms with Gasteiger partial charge < -0.3 is 10.2 Å². The maximum atomic E-state index is 13.1. The first-order chi connectivity index (χ1) is 14.9. The minimum absolute atomic E-state index is 0.204. The summed E-state index contributed by atoms with van der Waals surface area (Å²) in [6.07, 6.45) is 2.84. The Morgan fingerprint density at radius 1 is 1.06 bits per heavy atom. The minimum Gasteiger partial charge on any atom is -0.341 e. The van der Waals surface area contributed by atoms with E-state index < -0.39 is 17.5 Å². The Bertz CT molecular complexity index is 989. The summed E-state index contributed by atoms with van der Waals surface area (Å²) in [6.45, 7) is 2.64. The number of carbonyl (C=O) groups is 3. The molecule has 0 saturated carbocycles. The second-order valence-corrected chi connectivity index (χ2v) is 8.85. The van der Waals surface area contributed by atoms with Gasteiger partial charge in [0.05, 0.1) is 0 Å². The fourth-order valence-electron chi connectivity index (χ4n) is 4.46. The van der Waals surface area contributed by atoms with E-state index in [-0.39, 0.29) is 12.5 Å². The van der Waals surface area contributed by atoms with E-state index in [1.165, 1.54) is 5.56 Å². The van der Waals surface area contributed by atoms with Crippen molar-refractivity contribution in [3.05, 3.63) is 70.7 Å². The second-order valence-electron chi connectivity index (χ2n) is 8.44. The van der Waals surface area contributed by atoms with Crippen molar-refractivity contribution in [3.63, 3.8) is 0 Å². The van der Waals surface area contributed by atoms with Crippen molar-refractivity contribution in [2.75, 3.05) is 19.6 Å². The van der Waals surface area contributed by atoms with Gasteiger partial charge in [-0.15, -0.1) is 0 Å². The maximum Gasteiger partial charge on any atom is 0.325 e. The molecule has 2 aliphatic rings. The summed E-state index contributed by atoms with van der Waals surface area (Å²) >= 11 is 6.26. The summed E-state index contributed by atoms with van der Waals surface area (Å²) in [5.74, 6) is -0.130. The number of rotatable bonds is 5. The molecule has 0 radical (unpaired) electrons. The monoisotopic (exact) mass is 439 g/mol. The van der Waals surface area contributed by atoms with Gasteiger partial charge in [0, 0.05) is 23.7 Å². The van der Waals surface area contributed by atoms with E-state index >= 15 is 0 Å². The molecule has 0 bridgehead atoms. The molecule has 162 valence electrons. The first-order valence-corrected chi connectivity index (χ1v) is 11.0. The third-order valence-electron chi connectivity index (χ3n) is 6.32. The Morgan fingerprint density at radius 3 is 2.39 bits per heavy atom. The number of nitrogens with one attached hydrogen (secondary N) is 1. The lowest BCUT2D eigenvalue weighted by atomic mass is 9.90. The molecule has 4 amide bonds. The lowest BCUT2D eigenvalue weighted by molar-refractivity contribution is -0.139. The van der Waals surface area contributed by atoms with Crippen LogP contribution in [0.1, 0.15) is 30.9 Å². The zero-order valence-electron chi connectivity index (χ0n) is 17.5. The summed E-state index contributed by atoms with van der Waals surface area (Å²) in [7, 11) is 0. The number of piperidine rings is 1. The van der Waals surface area contributed by atoms with Crippen LogP contribution in [0.3, 0.4) is 0 Å². The number of amides is 4. The summed E-state index contributed by atoms with van der Waals surface area (Å²) in [5.41, 5.74) is 0.551. The third-order valence-corrected chi connectivity index (χ3v) is 6.64. The number of urea groups is 1. The highest BCUT2D eigenvalue weighted by Gasteiger charge is 2.50. The number of carbonyl (C=O) groups excluding carboxylic acids is 3. The van der Waals surface area contributed by atoms with Crippen LogP contribution in [0.2, 0.25) is 5.02 Å². The van der Waals surface area contributed by atoms with Gasteiger partial charge in [-0.05, 0) is 43.7 Å². The lowest BCUT2D eigenvalue weighted by Gasteiger charge is -2.33. The number of halogens is 1. The smallest absolute Gasteiger partial charge is 0.325 e. The van der Waals surface area contributed by atoms with Crippen LogP contribution < -0.4 is 5.32 Å². The first kappa shape index (κ1) is 21.4. The van der Waals surface area contributed by atoms with Crippen molar-refractivity contribution < 1.29 is 14.4 Å². The minimum atomic E-state index is -1.28. The van der Waals surface area contributed by atoms with E-state index in [0.29, 0.717) is 29.6 Å². The number of hydrogen-bond acceptors (Lipinski definition) is 3. The van der Waals surface area contributed by atoms with Gasteiger partial charge in [-0.25, -0.2) is 4.79 Å².